The molecule has 27 heavy (non-hydrogen) atoms. The third kappa shape index (κ3) is 4.87. The van der Waals surface area contributed by atoms with Gasteiger partial charge in [-0.05, 0) is 31.7 Å². The summed E-state index contributed by atoms with van der Waals surface area (Å²) in [4.78, 5) is 40.1. The topological polar surface area (TPSA) is 87.7 Å². The molecule has 1 unspecified atom stereocenters. The van der Waals surface area contributed by atoms with Crippen LogP contribution in [-0.2, 0) is 20.7 Å². The van der Waals surface area contributed by atoms with Gasteiger partial charge in [0.25, 0.3) is 0 Å². The molecule has 1 aromatic rings. The summed E-state index contributed by atoms with van der Waals surface area (Å²) in [6.07, 6.45) is 0.689. The summed E-state index contributed by atoms with van der Waals surface area (Å²) in [5, 5.41) is 6.25. The van der Waals surface area contributed by atoms with Crippen molar-refractivity contribution in [3.63, 3.8) is 0 Å². The van der Waals surface area contributed by atoms with Crippen LogP contribution in [0.15, 0.2) is 0 Å². The number of esters is 1. The van der Waals surface area contributed by atoms with Gasteiger partial charge in [0.05, 0.1) is 24.8 Å². The lowest BCUT2D eigenvalue weighted by Gasteiger charge is -2.36. The largest absolute Gasteiger partial charge is 0.462 e. The molecule has 1 atom stereocenters. The molecule has 1 saturated heterocycles. The highest BCUT2D eigenvalue weighted by molar-refractivity contribution is 7.16. The number of carbonyl (C=O) groups is 3. The van der Waals surface area contributed by atoms with Gasteiger partial charge in [0.1, 0.15) is 5.00 Å². The average molecular weight is 396 g/mol. The predicted octanol–water partition coefficient (Wildman–Crippen LogP) is 2.19. The molecule has 8 heteroatoms. The van der Waals surface area contributed by atoms with E-state index in [9.17, 15) is 14.4 Å². The van der Waals surface area contributed by atoms with Crippen LogP contribution in [0.5, 0.6) is 0 Å². The van der Waals surface area contributed by atoms with Crippen molar-refractivity contribution < 1.29 is 19.1 Å². The Kier molecular flexibility index (Phi) is 7.38. The first-order chi connectivity index (χ1) is 12.8. The number of nitrogens with one attached hydrogen (secondary N) is 2. The van der Waals surface area contributed by atoms with Crippen molar-refractivity contribution in [1.29, 1.82) is 0 Å². The molecule has 2 N–H and O–H groups in total. The van der Waals surface area contributed by atoms with Gasteiger partial charge in [-0.15, -0.1) is 11.3 Å². The first-order valence-corrected chi connectivity index (χ1v) is 10.2. The zero-order chi connectivity index (χ0) is 20.1. The fraction of sp³-hybridized carbons (Fsp3) is 0.632. The second-order valence-corrected chi connectivity index (χ2v) is 8.14. The van der Waals surface area contributed by atoms with Crippen LogP contribution in [0.25, 0.3) is 0 Å². The first-order valence-electron chi connectivity index (χ1n) is 9.41. The minimum absolute atomic E-state index is 0.0449. The van der Waals surface area contributed by atoms with Crippen LogP contribution in [0, 0.1) is 12.8 Å². The molecule has 1 fully saturated rings. The summed E-state index contributed by atoms with van der Waals surface area (Å²) < 4.78 is 5.17. The van der Waals surface area contributed by atoms with Gasteiger partial charge in [0.15, 0.2) is 0 Å². The van der Waals surface area contributed by atoms with Crippen LogP contribution in [0.3, 0.4) is 0 Å². The number of hydrogen-bond donors (Lipinski definition) is 2. The van der Waals surface area contributed by atoms with Crippen molar-refractivity contribution in [1.82, 2.24) is 10.2 Å². The third-order valence-corrected chi connectivity index (χ3v) is 5.70. The van der Waals surface area contributed by atoms with Gasteiger partial charge in [-0.3, -0.25) is 14.5 Å². The number of rotatable bonds is 7. The summed E-state index contributed by atoms with van der Waals surface area (Å²) in [5.74, 6) is -0.587. The molecule has 0 bridgehead atoms. The number of hydrogen-bond acceptors (Lipinski definition) is 6. The van der Waals surface area contributed by atoms with Crippen molar-refractivity contribution >= 4 is 34.1 Å². The van der Waals surface area contributed by atoms with Crippen molar-refractivity contribution in [2.45, 2.75) is 47.1 Å². The second-order valence-electron chi connectivity index (χ2n) is 6.91. The number of carbonyl (C=O) groups excluding carboxylic acids is 3. The molecule has 0 aliphatic carbocycles. The molecule has 150 valence electrons. The van der Waals surface area contributed by atoms with Crippen molar-refractivity contribution in [2.24, 2.45) is 5.92 Å². The Bertz CT molecular complexity index is 714. The van der Waals surface area contributed by atoms with Crippen molar-refractivity contribution in [2.75, 3.05) is 31.6 Å². The summed E-state index contributed by atoms with van der Waals surface area (Å²) in [7, 11) is 0. The van der Waals surface area contributed by atoms with E-state index < -0.39 is 5.97 Å². The zero-order valence-electron chi connectivity index (χ0n) is 16.7. The zero-order valence-corrected chi connectivity index (χ0v) is 17.5. The summed E-state index contributed by atoms with van der Waals surface area (Å²) in [6, 6.07) is -0.328. The minimum Gasteiger partial charge on any atom is -0.462 e. The molecule has 2 amide bonds. The van der Waals surface area contributed by atoms with E-state index in [1.165, 1.54) is 11.3 Å². The molecule has 0 spiro atoms. The Balaban J connectivity index is 2.18. The van der Waals surface area contributed by atoms with Crippen LogP contribution in [0.1, 0.15) is 48.5 Å². The summed E-state index contributed by atoms with van der Waals surface area (Å²) in [6.45, 7) is 11.1. The van der Waals surface area contributed by atoms with Gasteiger partial charge in [-0.2, -0.15) is 0 Å². The Morgan fingerprint density at radius 1 is 1.37 bits per heavy atom. The number of amides is 2. The van der Waals surface area contributed by atoms with E-state index in [2.05, 4.69) is 10.6 Å². The Morgan fingerprint density at radius 2 is 2.07 bits per heavy atom. The average Bonchev–Trinajstić information content (AvgIpc) is 2.89. The third-order valence-electron chi connectivity index (χ3n) is 4.63. The predicted molar refractivity (Wildman–Crippen MR) is 106 cm³/mol. The van der Waals surface area contributed by atoms with Crippen molar-refractivity contribution in [3.05, 3.63) is 16.0 Å². The molecule has 1 aliphatic rings. The molecule has 2 heterocycles. The highest BCUT2D eigenvalue weighted by atomic mass is 32.1. The molecule has 0 saturated carbocycles. The van der Waals surface area contributed by atoms with Crippen LogP contribution in [0.2, 0.25) is 0 Å². The first kappa shape index (κ1) is 21.4. The monoisotopic (exact) mass is 395 g/mol. The molecule has 2 rings (SSSR count). The van der Waals surface area contributed by atoms with Gasteiger partial charge < -0.3 is 15.4 Å². The van der Waals surface area contributed by atoms with Crippen LogP contribution >= 0.6 is 11.3 Å². The van der Waals surface area contributed by atoms with E-state index in [0.717, 1.165) is 10.4 Å². The molecule has 7 nitrogen and oxygen atoms in total. The molecule has 0 aromatic carbocycles. The molecular weight excluding hydrogens is 366 g/mol. The maximum Gasteiger partial charge on any atom is 0.341 e. The molecule has 1 aliphatic heterocycles. The van der Waals surface area contributed by atoms with E-state index in [1.54, 1.807) is 6.92 Å². The van der Waals surface area contributed by atoms with E-state index >= 15 is 0 Å². The van der Waals surface area contributed by atoms with Gasteiger partial charge in [0.2, 0.25) is 11.8 Å². The molecular formula is C19H29N3O4S. The maximum atomic E-state index is 12.7. The number of nitrogens with zero attached hydrogens (tertiary/aromatic N) is 1. The number of anilines is 1. The van der Waals surface area contributed by atoms with Crippen LogP contribution in [-0.4, -0.2) is 55.0 Å². The minimum atomic E-state index is -0.411. The second kappa shape index (κ2) is 9.32. The van der Waals surface area contributed by atoms with Crippen LogP contribution < -0.4 is 10.6 Å². The van der Waals surface area contributed by atoms with Crippen molar-refractivity contribution in [3.8, 4) is 0 Å². The fourth-order valence-electron chi connectivity index (χ4n) is 3.50. The maximum absolute atomic E-state index is 12.7. The Hall–Kier alpha value is -1.93. The lowest BCUT2D eigenvalue weighted by atomic mass is 9.99. The number of thiophene rings is 1. The number of piperazine rings is 1. The number of ether oxygens (including phenoxy) is 1. The Labute approximate surface area is 164 Å². The smallest absolute Gasteiger partial charge is 0.341 e. The fourth-order valence-corrected chi connectivity index (χ4v) is 4.65. The SMILES string of the molecule is CCOC(=O)c1c(NC(=O)CN2CCNC(=O)C2C(C)C)sc(C)c1CC. The van der Waals surface area contributed by atoms with Crippen LogP contribution in [0.4, 0.5) is 5.00 Å². The van der Waals surface area contributed by atoms with E-state index in [1.807, 2.05) is 32.6 Å². The standard InChI is InChI=1S/C19H29N3O4S/c1-6-13-12(5)27-18(15(13)19(25)26-7-2)21-14(23)10-22-9-8-20-17(24)16(22)11(3)4/h11,16H,6-10H2,1-5H3,(H,20,24)(H,21,23). The highest BCUT2D eigenvalue weighted by Gasteiger charge is 2.33. The van der Waals surface area contributed by atoms with Gasteiger partial charge in [-0.25, -0.2) is 4.79 Å². The Morgan fingerprint density at radius 3 is 2.67 bits per heavy atom. The van der Waals surface area contributed by atoms with E-state index in [-0.39, 0.29) is 36.9 Å². The molecule has 1 aromatic heterocycles. The van der Waals surface area contributed by atoms with Gasteiger partial charge >= 0.3 is 5.97 Å². The number of aryl methyl sites for hydroxylation is 1. The molecule has 0 radical (unpaired) electrons. The van der Waals surface area contributed by atoms with Gasteiger partial charge in [-0.1, -0.05) is 20.8 Å². The highest BCUT2D eigenvalue weighted by Crippen LogP contribution is 2.34. The lowest BCUT2D eigenvalue weighted by molar-refractivity contribution is -0.132. The van der Waals surface area contributed by atoms with E-state index in [0.29, 0.717) is 30.1 Å². The summed E-state index contributed by atoms with van der Waals surface area (Å²) >= 11 is 1.39. The van der Waals surface area contributed by atoms with E-state index in [4.69, 9.17) is 4.74 Å². The quantitative estimate of drug-likeness (QED) is 0.691. The summed E-state index contributed by atoms with van der Waals surface area (Å²) in [5.41, 5.74) is 1.36. The normalized spacial score (nSPS) is 17.7. The lowest BCUT2D eigenvalue weighted by Crippen LogP contribution is -2.58. The van der Waals surface area contributed by atoms with Gasteiger partial charge in [0, 0.05) is 18.0 Å².